The third-order valence-corrected chi connectivity index (χ3v) is 3.04. The summed E-state index contributed by atoms with van der Waals surface area (Å²) in [7, 11) is 0. The molecule has 0 aromatic carbocycles. The Morgan fingerprint density at radius 2 is 2.20 bits per heavy atom. The molecule has 1 saturated heterocycles. The summed E-state index contributed by atoms with van der Waals surface area (Å²) < 4.78 is 0. The van der Waals surface area contributed by atoms with Crippen molar-refractivity contribution in [2.45, 2.75) is 19.9 Å². The highest BCUT2D eigenvalue weighted by atomic mass is 32.2. The second kappa shape index (κ2) is 3.28. The first-order chi connectivity index (χ1) is 4.70. The van der Waals surface area contributed by atoms with Gasteiger partial charge in [-0.05, 0) is 6.92 Å². The van der Waals surface area contributed by atoms with E-state index in [0.29, 0.717) is 6.04 Å². The number of amides is 1. The van der Waals surface area contributed by atoms with E-state index < -0.39 is 0 Å². The van der Waals surface area contributed by atoms with E-state index >= 15 is 0 Å². The molecular formula is C7H13NOS. The van der Waals surface area contributed by atoms with Crippen LogP contribution in [-0.4, -0.2) is 23.5 Å². The molecule has 0 bridgehead atoms. The van der Waals surface area contributed by atoms with Crippen molar-refractivity contribution in [1.29, 1.82) is 0 Å². The Balaban J connectivity index is 2.49. The second-order valence-corrected chi connectivity index (χ2v) is 3.92. The lowest BCUT2D eigenvalue weighted by molar-refractivity contribution is -0.124. The van der Waals surface area contributed by atoms with E-state index in [-0.39, 0.29) is 11.8 Å². The van der Waals surface area contributed by atoms with E-state index in [2.05, 4.69) is 5.32 Å². The highest BCUT2D eigenvalue weighted by Gasteiger charge is 2.18. The Morgan fingerprint density at radius 3 is 2.90 bits per heavy atom. The zero-order chi connectivity index (χ0) is 7.56. The molecular weight excluding hydrogens is 146 g/mol. The zero-order valence-electron chi connectivity index (χ0n) is 6.39. The molecule has 2 nitrogen and oxygen atoms in total. The van der Waals surface area contributed by atoms with Crippen molar-refractivity contribution >= 4 is 17.7 Å². The third-order valence-electron chi connectivity index (χ3n) is 1.57. The van der Waals surface area contributed by atoms with E-state index in [4.69, 9.17) is 0 Å². The molecule has 3 heteroatoms. The number of hydrogen-bond acceptors (Lipinski definition) is 2. The number of carbonyl (C=O) groups excluding carboxylic acids is 1. The minimum Gasteiger partial charge on any atom is -0.353 e. The van der Waals surface area contributed by atoms with Gasteiger partial charge in [-0.2, -0.15) is 11.8 Å². The topological polar surface area (TPSA) is 29.1 Å². The van der Waals surface area contributed by atoms with E-state index in [1.165, 1.54) is 0 Å². The van der Waals surface area contributed by atoms with Crippen LogP contribution in [0.15, 0.2) is 0 Å². The Labute approximate surface area is 65.8 Å². The maximum absolute atomic E-state index is 11.1. The van der Waals surface area contributed by atoms with Crippen molar-refractivity contribution in [3.63, 3.8) is 0 Å². The quantitative estimate of drug-likeness (QED) is 0.568. The van der Waals surface area contributed by atoms with Crippen LogP contribution >= 0.6 is 11.8 Å². The molecule has 1 N–H and O–H groups in total. The van der Waals surface area contributed by atoms with Crippen LogP contribution in [0.25, 0.3) is 0 Å². The summed E-state index contributed by atoms with van der Waals surface area (Å²) in [6, 6.07) is 0.349. The smallest absolute Gasteiger partial charge is 0.223 e. The van der Waals surface area contributed by atoms with Crippen molar-refractivity contribution in [2.75, 3.05) is 11.5 Å². The van der Waals surface area contributed by atoms with E-state index in [1.807, 2.05) is 25.6 Å². The van der Waals surface area contributed by atoms with Crippen LogP contribution in [0.2, 0.25) is 0 Å². The molecule has 0 saturated carbocycles. The fourth-order valence-electron chi connectivity index (χ4n) is 0.924. The number of hydrogen-bond donors (Lipinski definition) is 1. The minimum atomic E-state index is 0.190. The van der Waals surface area contributed by atoms with Crippen LogP contribution in [0.3, 0.4) is 0 Å². The summed E-state index contributed by atoms with van der Waals surface area (Å²) in [5.74, 6) is 2.42. The molecule has 2 atom stereocenters. The van der Waals surface area contributed by atoms with Crippen LogP contribution in [-0.2, 0) is 4.79 Å². The maximum atomic E-state index is 11.1. The van der Waals surface area contributed by atoms with Crippen molar-refractivity contribution in [3.8, 4) is 0 Å². The summed E-state index contributed by atoms with van der Waals surface area (Å²) in [4.78, 5) is 11.1. The molecule has 0 radical (unpaired) electrons. The fraction of sp³-hybridized carbons (Fsp3) is 0.857. The van der Waals surface area contributed by atoms with Crippen LogP contribution < -0.4 is 5.32 Å². The largest absolute Gasteiger partial charge is 0.353 e. The first kappa shape index (κ1) is 7.92. The molecule has 0 aliphatic carbocycles. The highest BCUT2D eigenvalue weighted by Crippen LogP contribution is 2.13. The SMILES string of the molecule is CC1CSCC(C)C(=O)N1. The summed E-state index contributed by atoms with van der Waals surface area (Å²) >= 11 is 1.85. The van der Waals surface area contributed by atoms with Gasteiger partial charge in [-0.15, -0.1) is 0 Å². The monoisotopic (exact) mass is 159 g/mol. The molecule has 1 aliphatic heterocycles. The molecule has 0 aromatic rings. The van der Waals surface area contributed by atoms with Crippen molar-refractivity contribution < 1.29 is 4.79 Å². The van der Waals surface area contributed by atoms with Gasteiger partial charge in [-0.3, -0.25) is 4.79 Å². The normalized spacial score (nSPS) is 34.8. The zero-order valence-corrected chi connectivity index (χ0v) is 7.20. The molecule has 1 amide bonds. The van der Waals surface area contributed by atoms with E-state index in [0.717, 1.165) is 11.5 Å². The van der Waals surface area contributed by atoms with E-state index in [1.54, 1.807) is 0 Å². The molecule has 1 aliphatic rings. The average molecular weight is 159 g/mol. The van der Waals surface area contributed by atoms with Gasteiger partial charge in [0.2, 0.25) is 5.91 Å². The Hall–Kier alpha value is -0.180. The minimum absolute atomic E-state index is 0.190. The molecule has 10 heavy (non-hydrogen) atoms. The van der Waals surface area contributed by atoms with Crippen LogP contribution in [0.1, 0.15) is 13.8 Å². The lowest BCUT2D eigenvalue weighted by atomic mass is 10.2. The second-order valence-electron chi connectivity index (χ2n) is 2.85. The Morgan fingerprint density at radius 1 is 1.50 bits per heavy atom. The fourth-order valence-corrected chi connectivity index (χ4v) is 2.00. The predicted octanol–water partition coefficient (Wildman–Crippen LogP) is 0.874. The lowest BCUT2D eigenvalue weighted by Gasteiger charge is -2.08. The van der Waals surface area contributed by atoms with Gasteiger partial charge in [-0.1, -0.05) is 6.92 Å². The lowest BCUT2D eigenvalue weighted by Crippen LogP contribution is -2.35. The summed E-state index contributed by atoms with van der Waals surface area (Å²) in [6.45, 7) is 4.02. The first-order valence-electron chi connectivity index (χ1n) is 3.58. The Bertz CT molecular complexity index is 138. The van der Waals surface area contributed by atoms with Crippen LogP contribution in [0.4, 0.5) is 0 Å². The highest BCUT2D eigenvalue weighted by molar-refractivity contribution is 7.99. The standard InChI is InChI=1S/C7H13NOS/c1-5-3-10-4-6(2)8-7(5)9/h5-6H,3-4H2,1-2H3,(H,8,9). The molecule has 1 heterocycles. The van der Waals surface area contributed by atoms with Gasteiger partial charge < -0.3 is 5.32 Å². The van der Waals surface area contributed by atoms with E-state index in [9.17, 15) is 4.79 Å². The van der Waals surface area contributed by atoms with Crippen LogP contribution in [0.5, 0.6) is 0 Å². The van der Waals surface area contributed by atoms with Gasteiger partial charge in [0.05, 0.1) is 0 Å². The molecule has 58 valence electrons. The third kappa shape index (κ3) is 1.90. The van der Waals surface area contributed by atoms with Gasteiger partial charge in [0, 0.05) is 23.5 Å². The van der Waals surface area contributed by atoms with Gasteiger partial charge >= 0.3 is 0 Å². The molecule has 0 aromatic heterocycles. The summed E-state index contributed by atoms with van der Waals surface area (Å²) in [5, 5.41) is 2.93. The maximum Gasteiger partial charge on any atom is 0.223 e. The first-order valence-corrected chi connectivity index (χ1v) is 4.73. The van der Waals surface area contributed by atoms with Gasteiger partial charge in [0.1, 0.15) is 0 Å². The van der Waals surface area contributed by atoms with Crippen molar-refractivity contribution in [2.24, 2.45) is 5.92 Å². The summed E-state index contributed by atoms with van der Waals surface area (Å²) in [5.41, 5.74) is 0. The Kier molecular flexibility index (Phi) is 2.60. The average Bonchev–Trinajstić information content (AvgIpc) is 1.96. The summed E-state index contributed by atoms with van der Waals surface area (Å²) in [6.07, 6.45) is 0. The predicted molar refractivity (Wildman–Crippen MR) is 44.1 cm³/mol. The number of carbonyl (C=O) groups is 1. The van der Waals surface area contributed by atoms with Crippen molar-refractivity contribution in [1.82, 2.24) is 5.32 Å². The van der Waals surface area contributed by atoms with Crippen molar-refractivity contribution in [3.05, 3.63) is 0 Å². The van der Waals surface area contributed by atoms with Gasteiger partial charge in [0.15, 0.2) is 0 Å². The molecule has 2 unspecified atom stereocenters. The molecule has 1 rings (SSSR count). The number of nitrogens with one attached hydrogen (secondary N) is 1. The molecule has 1 fully saturated rings. The van der Waals surface area contributed by atoms with Gasteiger partial charge in [0.25, 0.3) is 0 Å². The molecule has 0 spiro atoms. The number of thioether (sulfide) groups is 1. The number of rotatable bonds is 0. The van der Waals surface area contributed by atoms with Crippen LogP contribution in [0, 0.1) is 5.92 Å². The van der Waals surface area contributed by atoms with Gasteiger partial charge in [-0.25, -0.2) is 0 Å².